The molecule has 1 aromatic rings. The highest BCUT2D eigenvalue weighted by Crippen LogP contribution is 2.23. The van der Waals surface area contributed by atoms with Crippen LogP contribution in [0.5, 0.6) is 5.75 Å². The van der Waals surface area contributed by atoms with Crippen molar-refractivity contribution in [3.05, 3.63) is 29.8 Å². The highest BCUT2D eigenvalue weighted by Gasteiger charge is 2.21. The Kier molecular flexibility index (Phi) is 5.27. The highest BCUT2D eigenvalue weighted by molar-refractivity contribution is 5.64. The molecule has 1 N–H and O–H groups in total. The lowest BCUT2D eigenvalue weighted by Crippen LogP contribution is -2.37. The number of likely N-dealkylation sites (tertiary alicyclic amines) is 1. The largest absolute Gasteiger partial charge is 0.497 e. The molecule has 20 heavy (non-hydrogen) atoms. The zero-order valence-electron chi connectivity index (χ0n) is 12.0. The van der Waals surface area contributed by atoms with Crippen LogP contribution in [0.15, 0.2) is 24.3 Å². The molecule has 1 aliphatic rings. The molecule has 1 amide bonds. The number of hydrogen-bond donors (Lipinski definition) is 1. The standard InChI is InChI=1S/C16H23NO3/c1-20-15-7-3-6-14(12-15)5-2-4-13-8-10-17(11-9-13)16(18)19/h3,6-7,12-13H,2,4-5,8-11H2,1H3,(H,18,19). The number of carbonyl (C=O) groups is 1. The van der Waals surface area contributed by atoms with Gasteiger partial charge in [0.05, 0.1) is 7.11 Å². The highest BCUT2D eigenvalue weighted by atomic mass is 16.5. The van der Waals surface area contributed by atoms with E-state index >= 15 is 0 Å². The molecule has 0 saturated carbocycles. The first-order valence-electron chi connectivity index (χ1n) is 7.30. The van der Waals surface area contributed by atoms with Crippen LogP contribution in [0, 0.1) is 5.92 Å². The normalized spacial score (nSPS) is 16.1. The van der Waals surface area contributed by atoms with Crippen LogP contribution in [0.25, 0.3) is 0 Å². The molecule has 0 bridgehead atoms. The quantitative estimate of drug-likeness (QED) is 0.897. The number of rotatable bonds is 5. The Morgan fingerprint density at radius 3 is 2.80 bits per heavy atom. The molecule has 0 unspecified atom stereocenters. The second kappa shape index (κ2) is 7.17. The smallest absolute Gasteiger partial charge is 0.407 e. The van der Waals surface area contributed by atoms with Gasteiger partial charge in [0, 0.05) is 13.1 Å². The fourth-order valence-corrected chi connectivity index (χ4v) is 2.84. The van der Waals surface area contributed by atoms with Crippen LogP contribution < -0.4 is 4.74 Å². The molecule has 4 nitrogen and oxygen atoms in total. The fourth-order valence-electron chi connectivity index (χ4n) is 2.84. The molecule has 1 fully saturated rings. The first-order chi connectivity index (χ1) is 9.69. The van der Waals surface area contributed by atoms with Gasteiger partial charge in [0.1, 0.15) is 5.75 Å². The van der Waals surface area contributed by atoms with E-state index in [1.165, 1.54) is 16.9 Å². The Bertz CT molecular complexity index is 439. The summed E-state index contributed by atoms with van der Waals surface area (Å²) in [7, 11) is 1.69. The van der Waals surface area contributed by atoms with Gasteiger partial charge >= 0.3 is 6.09 Å². The van der Waals surface area contributed by atoms with E-state index in [9.17, 15) is 4.79 Å². The van der Waals surface area contributed by atoms with Crippen molar-refractivity contribution in [3.63, 3.8) is 0 Å². The first-order valence-corrected chi connectivity index (χ1v) is 7.30. The van der Waals surface area contributed by atoms with Crippen molar-refractivity contribution in [1.29, 1.82) is 0 Å². The third-order valence-corrected chi connectivity index (χ3v) is 4.10. The number of aryl methyl sites for hydroxylation is 1. The summed E-state index contributed by atoms with van der Waals surface area (Å²) in [4.78, 5) is 12.4. The molecule has 0 aliphatic carbocycles. The van der Waals surface area contributed by atoms with E-state index in [-0.39, 0.29) is 0 Å². The summed E-state index contributed by atoms with van der Waals surface area (Å²) in [6, 6.07) is 8.22. The van der Waals surface area contributed by atoms with Crippen molar-refractivity contribution >= 4 is 6.09 Å². The molecule has 110 valence electrons. The predicted molar refractivity (Wildman–Crippen MR) is 78.3 cm³/mol. The van der Waals surface area contributed by atoms with Crippen molar-refractivity contribution in [1.82, 2.24) is 4.90 Å². The first kappa shape index (κ1) is 14.7. The summed E-state index contributed by atoms with van der Waals surface area (Å²) in [6.07, 6.45) is 4.64. The second-order valence-corrected chi connectivity index (χ2v) is 5.46. The van der Waals surface area contributed by atoms with Gasteiger partial charge in [-0.1, -0.05) is 12.1 Å². The van der Waals surface area contributed by atoms with Crippen molar-refractivity contribution in [2.75, 3.05) is 20.2 Å². The van der Waals surface area contributed by atoms with Gasteiger partial charge in [-0.05, 0) is 55.7 Å². The minimum absolute atomic E-state index is 0.677. The monoisotopic (exact) mass is 277 g/mol. The van der Waals surface area contributed by atoms with Crippen LogP contribution in [0.4, 0.5) is 4.79 Å². The number of hydrogen-bond acceptors (Lipinski definition) is 2. The average Bonchev–Trinajstić information content (AvgIpc) is 2.48. The zero-order valence-corrected chi connectivity index (χ0v) is 12.0. The molecule has 2 rings (SSSR count). The molecule has 1 saturated heterocycles. The third-order valence-electron chi connectivity index (χ3n) is 4.10. The molecular weight excluding hydrogens is 254 g/mol. The predicted octanol–water partition coefficient (Wildman–Crippen LogP) is 3.41. The number of benzene rings is 1. The molecule has 4 heteroatoms. The van der Waals surface area contributed by atoms with E-state index in [0.717, 1.165) is 31.4 Å². The SMILES string of the molecule is COc1cccc(CCCC2CCN(C(=O)O)CC2)c1. The van der Waals surface area contributed by atoms with E-state index in [4.69, 9.17) is 9.84 Å². The van der Waals surface area contributed by atoms with Gasteiger partial charge in [0.15, 0.2) is 0 Å². The summed E-state index contributed by atoms with van der Waals surface area (Å²) in [5.41, 5.74) is 1.31. The lowest BCUT2D eigenvalue weighted by atomic mass is 9.91. The number of amides is 1. The van der Waals surface area contributed by atoms with Crippen LogP contribution in [-0.4, -0.2) is 36.3 Å². The molecule has 1 heterocycles. The lowest BCUT2D eigenvalue weighted by molar-refractivity contribution is 0.123. The summed E-state index contributed by atoms with van der Waals surface area (Å²) in [6.45, 7) is 1.39. The summed E-state index contributed by atoms with van der Waals surface area (Å²) in [5.74, 6) is 1.59. The van der Waals surface area contributed by atoms with Crippen molar-refractivity contribution in [2.24, 2.45) is 5.92 Å². The van der Waals surface area contributed by atoms with E-state index in [2.05, 4.69) is 12.1 Å². The second-order valence-electron chi connectivity index (χ2n) is 5.46. The Morgan fingerprint density at radius 2 is 2.15 bits per heavy atom. The lowest BCUT2D eigenvalue weighted by Gasteiger charge is -2.29. The van der Waals surface area contributed by atoms with Gasteiger partial charge in [-0.2, -0.15) is 0 Å². The number of ether oxygens (including phenoxy) is 1. The number of nitrogens with zero attached hydrogens (tertiary/aromatic N) is 1. The Labute approximate surface area is 120 Å². The minimum atomic E-state index is -0.778. The Balaban J connectivity index is 1.70. The number of carboxylic acid groups (broad SMARTS) is 1. The van der Waals surface area contributed by atoms with E-state index in [1.807, 2.05) is 12.1 Å². The number of piperidine rings is 1. The molecule has 0 radical (unpaired) electrons. The van der Waals surface area contributed by atoms with Crippen molar-refractivity contribution in [3.8, 4) is 5.75 Å². The van der Waals surface area contributed by atoms with Crippen LogP contribution in [0.3, 0.4) is 0 Å². The summed E-state index contributed by atoms with van der Waals surface area (Å²) in [5, 5.41) is 8.91. The molecule has 0 atom stereocenters. The van der Waals surface area contributed by atoms with E-state index < -0.39 is 6.09 Å². The van der Waals surface area contributed by atoms with Gasteiger partial charge in [0.2, 0.25) is 0 Å². The molecule has 0 spiro atoms. The summed E-state index contributed by atoms with van der Waals surface area (Å²) >= 11 is 0. The number of methoxy groups -OCH3 is 1. The minimum Gasteiger partial charge on any atom is -0.497 e. The molecule has 1 aromatic carbocycles. The Morgan fingerprint density at radius 1 is 1.40 bits per heavy atom. The topological polar surface area (TPSA) is 49.8 Å². The maximum atomic E-state index is 10.8. The van der Waals surface area contributed by atoms with E-state index in [0.29, 0.717) is 19.0 Å². The van der Waals surface area contributed by atoms with Gasteiger partial charge in [0.25, 0.3) is 0 Å². The van der Waals surface area contributed by atoms with Crippen LogP contribution in [-0.2, 0) is 6.42 Å². The maximum absolute atomic E-state index is 10.8. The summed E-state index contributed by atoms with van der Waals surface area (Å²) < 4.78 is 5.22. The molecule has 1 aliphatic heterocycles. The third kappa shape index (κ3) is 4.15. The maximum Gasteiger partial charge on any atom is 0.407 e. The van der Waals surface area contributed by atoms with Crippen molar-refractivity contribution in [2.45, 2.75) is 32.1 Å². The zero-order chi connectivity index (χ0) is 14.4. The van der Waals surface area contributed by atoms with Gasteiger partial charge in [-0.3, -0.25) is 0 Å². The fraction of sp³-hybridized carbons (Fsp3) is 0.562. The molecular formula is C16H23NO3. The van der Waals surface area contributed by atoms with Gasteiger partial charge in [-0.15, -0.1) is 0 Å². The van der Waals surface area contributed by atoms with Crippen molar-refractivity contribution < 1.29 is 14.6 Å². The van der Waals surface area contributed by atoms with Crippen LogP contribution >= 0.6 is 0 Å². The molecule has 0 aromatic heterocycles. The van der Waals surface area contributed by atoms with Gasteiger partial charge < -0.3 is 14.7 Å². The van der Waals surface area contributed by atoms with E-state index in [1.54, 1.807) is 7.11 Å². The van der Waals surface area contributed by atoms with Crippen LogP contribution in [0.2, 0.25) is 0 Å². The van der Waals surface area contributed by atoms with Gasteiger partial charge in [-0.25, -0.2) is 4.79 Å². The average molecular weight is 277 g/mol. The van der Waals surface area contributed by atoms with Crippen LogP contribution in [0.1, 0.15) is 31.2 Å². The Hall–Kier alpha value is -1.71.